The van der Waals surface area contributed by atoms with Gasteiger partial charge in [0.2, 0.25) is 0 Å². The molecule has 3 rings (SSSR count). The molecule has 0 aromatic carbocycles. The second-order valence-corrected chi connectivity index (χ2v) is 7.51. The van der Waals surface area contributed by atoms with Gasteiger partial charge < -0.3 is 20.9 Å². The summed E-state index contributed by atoms with van der Waals surface area (Å²) >= 11 is 1.11. The lowest BCUT2D eigenvalue weighted by Crippen LogP contribution is -2.59. The van der Waals surface area contributed by atoms with Crippen molar-refractivity contribution in [3.05, 3.63) is 11.1 Å². The first kappa shape index (κ1) is 18.2. The number of thiazole rings is 1. The molecule has 0 bridgehead atoms. The summed E-state index contributed by atoms with van der Waals surface area (Å²) in [5.41, 5.74) is 5.63. The van der Waals surface area contributed by atoms with E-state index < -0.39 is 37.0 Å². The van der Waals surface area contributed by atoms with Crippen LogP contribution in [0.3, 0.4) is 0 Å². The van der Waals surface area contributed by atoms with Crippen molar-refractivity contribution in [2.24, 2.45) is 0 Å². The number of nitrogens with two attached hydrogens (primary N) is 1. The van der Waals surface area contributed by atoms with Gasteiger partial charge in [-0.2, -0.15) is 0 Å². The minimum Gasteiger partial charge on any atom is -0.375 e. The molecule has 0 radical (unpaired) electrons. The minimum absolute atomic E-state index is 0.142. The first-order valence-electron chi connectivity index (χ1n) is 7.89. The Hall–Kier alpha value is -1.62. The van der Waals surface area contributed by atoms with Crippen molar-refractivity contribution in [3.63, 3.8) is 0 Å². The molecule has 0 aliphatic carbocycles. The van der Waals surface area contributed by atoms with E-state index in [1.165, 1.54) is 6.20 Å². The molecule has 2 aliphatic heterocycles. The first-order valence-corrected chi connectivity index (χ1v) is 8.71. The quantitative estimate of drug-likeness (QED) is 0.784. The molecule has 6 nitrogen and oxygen atoms in total. The third kappa shape index (κ3) is 4.32. The number of amides is 2. The van der Waals surface area contributed by atoms with Crippen molar-refractivity contribution < 1.29 is 22.4 Å². The third-order valence-corrected chi connectivity index (χ3v) is 5.35. The minimum atomic E-state index is -3.06. The van der Waals surface area contributed by atoms with Gasteiger partial charge in [0, 0.05) is 38.7 Å². The Labute approximate surface area is 146 Å². The van der Waals surface area contributed by atoms with Crippen LogP contribution >= 0.6 is 11.3 Å². The summed E-state index contributed by atoms with van der Waals surface area (Å²) in [4.78, 5) is 19.4. The number of hydrogen-bond donors (Lipinski definition) is 2. The number of rotatable bonds is 4. The van der Waals surface area contributed by atoms with Crippen LogP contribution in [0.1, 0.15) is 23.8 Å². The van der Waals surface area contributed by atoms with Crippen LogP contribution in [0.5, 0.6) is 0 Å². The summed E-state index contributed by atoms with van der Waals surface area (Å²) in [5, 5.41) is 2.44. The smallest absolute Gasteiger partial charge is 0.318 e. The molecular formula is C14H19F4N5OS. The highest BCUT2D eigenvalue weighted by Crippen LogP contribution is 2.34. The highest BCUT2D eigenvalue weighted by atomic mass is 32.1. The van der Waals surface area contributed by atoms with E-state index in [0.717, 1.165) is 16.2 Å². The molecule has 1 atom stereocenters. The Morgan fingerprint density at radius 2 is 1.96 bits per heavy atom. The van der Waals surface area contributed by atoms with E-state index in [4.69, 9.17) is 5.73 Å². The van der Waals surface area contributed by atoms with Gasteiger partial charge >= 0.3 is 6.03 Å². The molecule has 2 fully saturated rings. The summed E-state index contributed by atoms with van der Waals surface area (Å²) < 4.78 is 54.2. The van der Waals surface area contributed by atoms with Crippen LogP contribution in [0.15, 0.2) is 6.20 Å². The topological polar surface area (TPSA) is 74.5 Å². The van der Waals surface area contributed by atoms with Crippen molar-refractivity contribution in [3.8, 4) is 0 Å². The predicted octanol–water partition coefficient (Wildman–Crippen LogP) is 2.16. The number of carbonyl (C=O) groups excluding carboxylic acids is 1. The summed E-state index contributed by atoms with van der Waals surface area (Å²) in [6.45, 7) is -0.977. The number of nitrogens with one attached hydrogen (secondary N) is 1. The van der Waals surface area contributed by atoms with Crippen LogP contribution in [0.25, 0.3) is 0 Å². The first-order chi connectivity index (χ1) is 11.7. The van der Waals surface area contributed by atoms with Crippen LogP contribution in [0.2, 0.25) is 0 Å². The van der Waals surface area contributed by atoms with Crippen molar-refractivity contribution in [1.82, 2.24) is 20.1 Å². The molecule has 2 saturated heterocycles. The van der Waals surface area contributed by atoms with E-state index in [2.05, 4.69) is 10.3 Å². The second kappa shape index (κ2) is 6.60. The highest BCUT2D eigenvalue weighted by Gasteiger charge is 2.43. The Morgan fingerprint density at radius 3 is 2.56 bits per heavy atom. The van der Waals surface area contributed by atoms with Gasteiger partial charge in [0.25, 0.3) is 11.8 Å². The lowest BCUT2D eigenvalue weighted by Gasteiger charge is -2.41. The molecule has 2 amide bonds. The van der Waals surface area contributed by atoms with E-state index in [1.54, 1.807) is 4.90 Å². The Balaban J connectivity index is 1.79. The maximum atomic E-state index is 13.8. The molecule has 0 spiro atoms. The monoisotopic (exact) mass is 381 g/mol. The fourth-order valence-corrected chi connectivity index (χ4v) is 3.83. The van der Waals surface area contributed by atoms with Crippen LogP contribution in [0.4, 0.5) is 27.5 Å². The number of aromatic nitrogens is 1. The zero-order chi connectivity index (χ0) is 18.2. The van der Waals surface area contributed by atoms with Crippen LogP contribution in [0, 0.1) is 0 Å². The van der Waals surface area contributed by atoms with Crippen LogP contribution in [-0.4, -0.2) is 65.4 Å². The molecule has 3 N–H and O–H groups in total. The normalized spacial score (nSPS) is 24.8. The fraction of sp³-hybridized carbons (Fsp3) is 0.714. The molecule has 0 saturated carbocycles. The summed E-state index contributed by atoms with van der Waals surface area (Å²) in [5.74, 6) is -5.76. The molecule has 25 heavy (non-hydrogen) atoms. The van der Waals surface area contributed by atoms with E-state index in [0.29, 0.717) is 4.88 Å². The molecular weight excluding hydrogens is 362 g/mol. The lowest BCUT2D eigenvalue weighted by atomic mass is 10.0. The zero-order valence-electron chi connectivity index (χ0n) is 13.4. The van der Waals surface area contributed by atoms with E-state index in [9.17, 15) is 22.4 Å². The van der Waals surface area contributed by atoms with Gasteiger partial charge in [0.1, 0.15) is 0 Å². The Bertz CT molecular complexity index is 630. The van der Waals surface area contributed by atoms with Gasteiger partial charge in [-0.15, -0.1) is 11.3 Å². The molecule has 140 valence electrons. The third-order valence-electron chi connectivity index (χ3n) is 4.43. The van der Waals surface area contributed by atoms with E-state index >= 15 is 0 Å². The predicted molar refractivity (Wildman–Crippen MR) is 84.9 cm³/mol. The number of carbonyl (C=O) groups is 1. The van der Waals surface area contributed by atoms with Crippen molar-refractivity contribution in [1.29, 1.82) is 0 Å². The average molecular weight is 381 g/mol. The van der Waals surface area contributed by atoms with Gasteiger partial charge in [-0.3, -0.25) is 0 Å². The van der Waals surface area contributed by atoms with Crippen LogP contribution < -0.4 is 11.1 Å². The summed E-state index contributed by atoms with van der Waals surface area (Å²) in [6.07, 6.45) is 0.878. The summed E-state index contributed by atoms with van der Waals surface area (Å²) in [7, 11) is 0. The fourth-order valence-electron chi connectivity index (χ4n) is 3.04. The number of halogens is 4. The van der Waals surface area contributed by atoms with Crippen LogP contribution in [-0.2, 0) is 0 Å². The van der Waals surface area contributed by atoms with Gasteiger partial charge in [0.15, 0.2) is 5.13 Å². The average Bonchev–Trinajstić information content (AvgIpc) is 2.95. The van der Waals surface area contributed by atoms with Gasteiger partial charge in [-0.1, -0.05) is 0 Å². The van der Waals surface area contributed by atoms with Crippen molar-refractivity contribution >= 4 is 22.5 Å². The number of anilines is 1. The van der Waals surface area contributed by atoms with Gasteiger partial charge in [0.05, 0.1) is 24.0 Å². The Morgan fingerprint density at radius 1 is 1.28 bits per heavy atom. The second-order valence-electron chi connectivity index (χ2n) is 6.42. The maximum absolute atomic E-state index is 13.8. The van der Waals surface area contributed by atoms with Crippen molar-refractivity contribution in [2.45, 2.75) is 30.7 Å². The Kier molecular flexibility index (Phi) is 4.80. The number of nitrogen functional groups attached to an aromatic ring is 1. The summed E-state index contributed by atoms with van der Waals surface area (Å²) in [6, 6.07) is -1.32. The molecule has 11 heteroatoms. The largest absolute Gasteiger partial charge is 0.375 e. The van der Waals surface area contributed by atoms with E-state index in [1.807, 2.05) is 0 Å². The van der Waals surface area contributed by atoms with Gasteiger partial charge in [-0.25, -0.2) is 27.3 Å². The number of nitrogens with zero attached hydrogens (tertiary/aromatic N) is 3. The number of urea groups is 1. The molecule has 2 aliphatic rings. The SMILES string of the molecule is Nc1ncc(C(CN2CCC(F)(F)CC2)N2CC(F)(F)CNC2=O)s1. The van der Waals surface area contributed by atoms with E-state index in [-0.39, 0.29) is 37.6 Å². The molecule has 3 heterocycles. The molecule has 1 aromatic rings. The number of alkyl halides is 4. The standard InChI is InChI=1S/C14H19F4N5OS/c15-13(16)1-3-22(4-2-13)6-9(10-5-20-11(19)25-10)23-8-14(17,18)7-21-12(23)24/h5,9H,1-4,6-8H2,(H2,19,20)(H,21,24). The van der Waals surface area contributed by atoms with Gasteiger partial charge in [-0.05, 0) is 0 Å². The lowest BCUT2D eigenvalue weighted by molar-refractivity contribution is -0.0661. The number of likely N-dealkylation sites (tertiary alicyclic amines) is 1. The zero-order valence-corrected chi connectivity index (χ0v) is 14.2. The molecule has 1 aromatic heterocycles. The highest BCUT2D eigenvalue weighted by molar-refractivity contribution is 7.15. The van der Waals surface area contributed by atoms with Crippen molar-refractivity contribution in [2.75, 3.05) is 38.5 Å². The maximum Gasteiger partial charge on any atom is 0.318 e. The number of hydrogen-bond acceptors (Lipinski definition) is 5. The number of piperidine rings is 1. The molecule has 1 unspecified atom stereocenters.